The number of hydrogen-bond acceptors (Lipinski definition) is 7. The van der Waals surface area contributed by atoms with E-state index in [4.69, 9.17) is 24.4 Å². The fourth-order valence-corrected chi connectivity index (χ4v) is 8.24. The highest BCUT2D eigenvalue weighted by Crippen LogP contribution is 2.42. The highest BCUT2D eigenvalue weighted by molar-refractivity contribution is 5.18. The molecule has 5 rings (SSSR count). The maximum Gasteiger partial charge on any atom is 0.323 e. The minimum atomic E-state index is -0.0649. The second kappa shape index (κ2) is 13.6. The number of nitrogens with zero attached hydrogens (tertiary/aromatic N) is 5. The fraction of sp³-hybridized carbons (Fsp3) is 0.615. The van der Waals surface area contributed by atoms with Gasteiger partial charge in [-0.1, -0.05) is 74.0 Å². The zero-order valence-corrected chi connectivity index (χ0v) is 29.8. The molecule has 2 aromatic carbocycles. The number of rotatable bonds is 11. The minimum absolute atomic E-state index is 0.00890. The molecule has 7 heteroatoms. The van der Waals surface area contributed by atoms with Crippen molar-refractivity contribution in [3.05, 3.63) is 77.6 Å². The summed E-state index contributed by atoms with van der Waals surface area (Å²) in [4.78, 5) is 19.7. The van der Waals surface area contributed by atoms with E-state index in [1.54, 1.807) is 0 Å². The van der Waals surface area contributed by atoms with Crippen molar-refractivity contribution in [3.63, 3.8) is 0 Å². The highest BCUT2D eigenvalue weighted by atomic mass is 16.5. The summed E-state index contributed by atoms with van der Waals surface area (Å²) < 4.78 is 13.3. The van der Waals surface area contributed by atoms with Crippen LogP contribution in [0.25, 0.3) is 0 Å². The van der Waals surface area contributed by atoms with Crippen LogP contribution in [0.1, 0.15) is 118 Å². The molecule has 3 aromatic rings. The molecule has 0 radical (unpaired) electrons. The third-order valence-electron chi connectivity index (χ3n) is 10.1. The Bertz CT molecular complexity index is 1290. The third-order valence-corrected chi connectivity index (χ3v) is 10.1. The maximum atomic E-state index is 6.66. The molecule has 1 aromatic heterocycles. The zero-order chi connectivity index (χ0) is 33.2. The average Bonchev–Trinajstić information content (AvgIpc) is 2.96. The van der Waals surface area contributed by atoms with Crippen molar-refractivity contribution in [2.45, 2.75) is 155 Å². The summed E-state index contributed by atoms with van der Waals surface area (Å²) >= 11 is 0. The predicted molar refractivity (Wildman–Crippen MR) is 186 cm³/mol. The van der Waals surface area contributed by atoms with Gasteiger partial charge in [-0.05, 0) is 72.9 Å². The minimum Gasteiger partial charge on any atom is -0.460 e. The Hall–Kier alpha value is -3.03. The first-order chi connectivity index (χ1) is 21.7. The van der Waals surface area contributed by atoms with Crippen LogP contribution in [-0.4, -0.2) is 59.1 Å². The molecule has 0 amide bonds. The number of benzene rings is 2. The Morgan fingerprint density at radius 1 is 0.587 bits per heavy atom. The van der Waals surface area contributed by atoms with Crippen LogP contribution < -0.4 is 9.47 Å². The number of ether oxygens (including phenoxy) is 2. The summed E-state index contributed by atoms with van der Waals surface area (Å²) in [6.07, 6.45) is 6.40. The summed E-state index contributed by atoms with van der Waals surface area (Å²) in [6, 6.07) is 22.3. The lowest BCUT2D eigenvalue weighted by Gasteiger charge is -2.55. The standard InChI is InChI=1S/C39H57N5O2/c1-10-11-22-33-40-34(45-31-23-36(2,3)43(37(4,5)24-31)27-29-18-14-12-15-19-29)42-35(41-33)46-32-25-38(6,7)44(39(8,9)26-32)28-30-20-16-13-17-21-30/h12-21,31-32H,10-11,22-28H2,1-9H3. The highest BCUT2D eigenvalue weighted by Gasteiger charge is 2.47. The quantitative estimate of drug-likeness (QED) is 0.211. The number of likely N-dealkylation sites (tertiary alicyclic amines) is 2. The molecule has 0 N–H and O–H groups in total. The Balaban J connectivity index is 1.32. The molecule has 7 nitrogen and oxygen atoms in total. The summed E-state index contributed by atoms with van der Waals surface area (Å²) in [5, 5.41) is 0. The van der Waals surface area contributed by atoms with Crippen molar-refractivity contribution in [1.82, 2.24) is 24.8 Å². The molecule has 0 saturated carbocycles. The lowest BCUT2D eigenvalue weighted by atomic mass is 9.77. The molecule has 0 bridgehead atoms. The number of unbranched alkanes of at least 4 members (excludes halogenated alkanes) is 1. The van der Waals surface area contributed by atoms with Crippen LogP contribution in [0.4, 0.5) is 0 Å². The number of hydrogen-bond donors (Lipinski definition) is 0. The van der Waals surface area contributed by atoms with E-state index < -0.39 is 0 Å². The Labute approximate surface area is 278 Å². The fourth-order valence-electron chi connectivity index (χ4n) is 8.24. The number of piperidine rings is 2. The predicted octanol–water partition coefficient (Wildman–Crippen LogP) is 8.42. The molecule has 250 valence electrons. The molecule has 0 spiro atoms. The van der Waals surface area contributed by atoms with Crippen LogP contribution in [0.5, 0.6) is 12.0 Å². The topological polar surface area (TPSA) is 63.6 Å². The second-order valence-corrected chi connectivity index (χ2v) is 16.1. The van der Waals surface area contributed by atoms with Crippen LogP contribution in [0.3, 0.4) is 0 Å². The smallest absolute Gasteiger partial charge is 0.323 e. The Morgan fingerprint density at radius 3 is 1.30 bits per heavy atom. The van der Waals surface area contributed by atoms with E-state index in [2.05, 4.69) is 133 Å². The van der Waals surface area contributed by atoms with Crippen LogP contribution >= 0.6 is 0 Å². The van der Waals surface area contributed by atoms with Gasteiger partial charge >= 0.3 is 12.0 Å². The van der Waals surface area contributed by atoms with Gasteiger partial charge in [0.1, 0.15) is 18.0 Å². The van der Waals surface area contributed by atoms with Crippen molar-refractivity contribution in [2.75, 3.05) is 0 Å². The van der Waals surface area contributed by atoms with Gasteiger partial charge in [-0.2, -0.15) is 9.97 Å². The molecule has 2 aliphatic heterocycles. The van der Waals surface area contributed by atoms with Gasteiger partial charge in [0.05, 0.1) is 0 Å². The molecular weight excluding hydrogens is 570 g/mol. The van der Waals surface area contributed by atoms with Gasteiger partial charge in [-0.3, -0.25) is 9.80 Å². The van der Waals surface area contributed by atoms with E-state index in [1.165, 1.54) is 11.1 Å². The van der Waals surface area contributed by atoms with Crippen LogP contribution in [-0.2, 0) is 19.5 Å². The third kappa shape index (κ3) is 8.27. The first kappa shape index (κ1) is 34.3. The maximum absolute atomic E-state index is 6.66. The van der Waals surface area contributed by atoms with Gasteiger partial charge in [0, 0.05) is 67.3 Å². The zero-order valence-electron chi connectivity index (χ0n) is 29.8. The van der Waals surface area contributed by atoms with Gasteiger partial charge in [0.15, 0.2) is 0 Å². The van der Waals surface area contributed by atoms with E-state index in [-0.39, 0.29) is 34.4 Å². The lowest BCUT2D eigenvalue weighted by Crippen LogP contribution is -2.62. The Kier molecular flexibility index (Phi) is 10.1. The molecule has 2 saturated heterocycles. The molecule has 2 fully saturated rings. The summed E-state index contributed by atoms with van der Waals surface area (Å²) in [7, 11) is 0. The van der Waals surface area contributed by atoms with E-state index in [1.807, 2.05) is 0 Å². The SMILES string of the molecule is CCCCc1nc(OC2CC(C)(C)N(Cc3ccccc3)C(C)(C)C2)nc(OC2CC(C)(C)N(Cc3ccccc3)C(C)(C)C2)n1. The summed E-state index contributed by atoms with van der Waals surface area (Å²) in [6.45, 7) is 22.6. The summed E-state index contributed by atoms with van der Waals surface area (Å²) in [5.41, 5.74) is 2.41. The molecule has 0 unspecified atom stereocenters. The number of aryl methyl sites for hydroxylation is 1. The molecule has 0 aliphatic carbocycles. The van der Waals surface area contributed by atoms with Gasteiger partial charge in [0.25, 0.3) is 0 Å². The van der Waals surface area contributed by atoms with Gasteiger partial charge in [-0.25, -0.2) is 0 Å². The molecular formula is C39H57N5O2. The van der Waals surface area contributed by atoms with Crippen molar-refractivity contribution in [3.8, 4) is 12.0 Å². The monoisotopic (exact) mass is 627 g/mol. The van der Waals surface area contributed by atoms with E-state index >= 15 is 0 Å². The second-order valence-electron chi connectivity index (χ2n) is 16.1. The normalized spacial score (nSPS) is 21.6. The van der Waals surface area contributed by atoms with Crippen LogP contribution in [0.2, 0.25) is 0 Å². The largest absolute Gasteiger partial charge is 0.460 e. The first-order valence-electron chi connectivity index (χ1n) is 17.4. The number of aromatic nitrogens is 3. The first-order valence-corrected chi connectivity index (χ1v) is 17.4. The van der Waals surface area contributed by atoms with E-state index in [0.717, 1.165) is 63.9 Å². The molecule has 2 aliphatic rings. The van der Waals surface area contributed by atoms with Gasteiger partial charge < -0.3 is 9.47 Å². The lowest BCUT2D eigenvalue weighted by molar-refractivity contribution is -0.0829. The average molecular weight is 628 g/mol. The van der Waals surface area contributed by atoms with Gasteiger partial charge in [0.2, 0.25) is 0 Å². The molecule has 3 heterocycles. The van der Waals surface area contributed by atoms with E-state index in [0.29, 0.717) is 12.0 Å². The molecule has 0 atom stereocenters. The Morgan fingerprint density at radius 2 is 0.957 bits per heavy atom. The van der Waals surface area contributed by atoms with E-state index in [9.17, 15) is 0 Å². The summed E-state index contributed by atoms with van der Waals surface area (Å²) in [5.74, 6) is 0.752. The van der Waals surface area contributed by atoms with Crippen molar-refractivity contribution in [1.29, 1.82) is 0 Å². The van der Waals surface area contributed by atoms with Crippen molar-refractivity contribution >= 4 is 0 Å². The van der Waals surface area contributed by atoms with Gasteiger partial charge in [-0.15, -0.1) is 4.98 Å². The van der Waals surface area contributed by atoms with Crippen molar-refractivity contribution < 1.29 is 9.47 Å². The molecule has 46 heavy (non-hydrogen) atoms. The van der Waals surface area contributed by atoms with Crippen molar-refractivity contribution in [2.24, 2.45) is 0 Å². The van der Waals surface area contributed by atoms with Crippen LogP contribution in [0.15, 0.2) is 60.7 Å². The van der Waals surface area contributed by atoms with Crippen LogP contribution in [0, 0.1) is 0 Å².